The summed E-state index contributed by atoms with van der Waals surface area (Å²) in [7, 11) is 1.57. The van der Waals surface area contributed by atoms with E-state index in [2.05, 4.69) is 0 Å². The van der Waals surface area contributed by atoms with Crippen molar-refractivity contribution in [3.05, 3.63) is 89.0 Å². The molecule has 0 aromatic heterocycles. The fourth-order valence-corrected chi connectivity index (χ4v) is 3.53. The van der Waals surface area contributed by atoms with Gasteiger partial charge in [0.25, 0.3) is 0 Å². The number of aryl methyl sites for hydroxylation is 2. The molecule has 0 bridgehead atoms. The van der Waals surface area contributed by atoms with Crippen LogP contribution < -0.4 is 14.2 Å². The van der Waals surface area contributed by atoms with E-state index in [4.69, 9.17) is 14.2 Å². The number of aldehydes is 1. The van der Waals surface area contributed by atoms with E-state index in [1.54, 1.807) is 37.4 Å². The van der Waals surface area contributed by atoms with Gasteiger partial charge in [0.15, 0.2) is 5.78 Å². The molecule has 5 nitrogen and oxygen atoms in total. The van der Waals surface area contributed by atoms with Crippen molar-refractivity contribution in [3.8, 4) is 17.2 Å². The molecule has 0 saturated heterocycles. The van der Waals surface area contributed by atoms with Crippen molar-refractivity contribution in [2.24, 2.45) is 0 Å². The van der Waals surface area contributed by atoms with Crippen LogP contribution >= 0.6 is 0 Å². The Morgan fingerprint density at radius 3 is 2.45 bits per heavy atom. The van der Waals surface area contributed by atoms with E-state index in [1.807, 2.05) is 50.2 Å². The number of ketones is 1. The van der Waals surface area contributed by atoms with Crippen molar-refractivity contribution in [1.29, 1.82) is 0 Å². The van der Waals surface area contributed by atoms with Gasteiger partial charge in [-0.2, -0.15) is 0 Å². The molecule has 0 aliphatic heterocycles. The topological polar surface area (TPSA) is 61.8 Å². The first-order chi connectivity index (χ1) is 16.0. The third-order valence-corrected chi connectivity index (χ3v) is 5.43. The van der Waals surface area contributed by atoms with E-state index in [0.29, 0.717) is 42.1 Å². The molecule has 0 radical (unpaired) electrons. The number of hydrogen-bond donors (Lipinski definition) is 0. The van der Waals surface area contributed by atoms with Crippen LogP contribution in [0.15, 0.2) is 66.7 Å². The Morgan fingerprint density at radius 2 is 1.76 bits per heavy atom. The number of rotatable bonds is 12. The molecule has 0 amide bonds. The summed E-state index contributed by atoms with van der Waals surface area (Å²) >= 11 is 0. The lowest BCUT2D eigenvalue weighted by atomic mass is 10.0. The molecule has 0 N–H and O–H groups in total. The van der Waals surface area contributed by atoms with Crippen molar-refractivity contribution in [2.45, 2.75) is 39.2 Å². The summed E-state index contributed by atoms with van der Waals surface area (Å²) in [4.78, 5) is 23.7. The molecule has 0 aliphatic carbocycles. The zero-order valence-corrected chi connectivity index (χ0v) is 19.4. The summed E-state index contributed by atoms with van der Waals surface area (Å²) in [5, 5.41) is 0. The molecule has 33 heavy (non-hydrogen) atoms. The number of hydrogen-bond acceptors (Lipinski definition) is 5. The van der Waals surface area contributed by atoms with Gasteiger partial charge in [0.1, 0.15) is 23.5 Å². The minimum atomic E-state index is -0.159. The van der Waals surface area contributed by atoms with Gasteiger partial charge in [0.05, 0.1) is 25.4 Å². The molecule has 172 valence electrons. The smallest absolute Gasteiger partial charge is 0.196 e. The highest BCUT2D eigenvalue weighted by atomic mass is 16.5. The van der Waals surface area contributed by atoms with Crippen LogP contribution in [-0.4, -0.2) is 31.9 Å². The molecule has 0 aliphatic rings. The van der Waals surface area contributed by atoms with Crippen LogP contribution in [0.1, 0.15) is 46.8 Å². The minimum Gasteiger partial charge on any atom is -0.497 e. The first-order valence-electron chi connectivity index (χ1n) is 11.1. The zero-order chi connectivity index (χ0) is 23.6. The Bertz CT molecular complexity index is 1070. The normalized spacial score (nSPS) is 11.5. The number of carbonyl (C=O) groups excluding carboxylic acids is 2. The Balaban J connectivity index is 1.62. The first kappa shape index (κ1) is 24.1. The minimum absolute atomic E-state index is 0.113. The second kappa shape index (κ2) is 11.9. The molecule has 3 aromatic carbocycles. The fourth-order valence-electron chi connectivity index (χ4n) is 3.53. The molecule has 1 unspecified atom stereocenters. The average Bonchev–Trinajstić information content (AvgIpc) is 2.84. The molecule has 3 aromatic rings. The lowest BCUT2D eigenvalue weighted by molar-refractivity contribution is -0.107. The van der Waals surface area contributed by atoms with Gasteiger partial charge in [-0.15, -0.1) is 0 Å². The number of methoxy groups -OCH3 is 1. The summed E-state index contributed by atoms with van der Waals surface area (Å²) in [5.41, 5.74) is 3.33. The van der Waals surface area contributed by atoms with Crippen LogP contribution in [0.25, 0.3) is 0 Å². The van der Waals surface area contributed by atoms with Crippen LogP contribution in [0.3, 0.4) is 0 Å². The van der Waals surface area contributed by atoms with E-state index < -0.39 is 0 Å². The summed E-state index contributed by atoms with van der Waals surface area (Å²) < 4.78 is 17.3. The highest BCUT2D eigenvalue weighted by molar-refractivity contribution is 6.10. The van der Waals surface area contributed by atoms with Crippen molar-refractivity contribution >= 4 is 12.1 Å². The number of benzene rings is 3. The van der Waals surface area contributed by atoms with Crippen LogP contribution in [0.5, 0.6) is 17.2 Å². The standard InChI is InChI=1S/C28H30O5/c1-20-18-25(12-11-22(20)10-7-16-29)32-17-15-21(2)33-27-14-13-24(31-3)19-26(27)28(30)23-8-5-4-6-9-23/h4-6,8-9,11-14,16,18-19,21H,7,10,15,17H2,1-3H3. The predicted molar refractivity (Wildman–Crippen MR) is 129 cm³/mol. The summed E-state index contributed by atoms with van der Waals surface area (Å²) in [6.45, 7) is 4.46. The largest absolute Gasteiger partial charge is 0.497 e. The van der Waals surface area contributed by atoms with Gasteiger partial charge in [-0.3, -0.25) is 4.79 Å². The van der Waals surface area contributed by atoms with Crippen LogP contribution in [0, 0.1) is 6.92 Å². The monoisotopic (exact) mass is 446 g/mol. The van der Waals surface area contributed by atoms with Crippen LogP contribution in [0.2, 0.25) is 0 Å². The van der Waals surface area contributed by atoms with Gasteiger partial charge in [0.2, 0.25) is 0 Å². The van der Waals surface area contributed by atoms with Gasteiger partial charge in [0, 0.05) is 18.4 Å². The maximum Gasteiger partial charge on any atom is 0.196 e. The Hall–Kier alpha value is -3.60. The lowest BCUT2D eigenvalue weighted by Gasteiger charge is -2.18. The van der Waals surface area contributed by atoms with Crippen LogP contribution in [-0.2, 0) is 11.2 Å². The number of carbonyl (C=O) groups is 2. The van der Waals surface area contributed by atoms with Gasteiger partial charge >= 0.3 is 0 Å². The van der Waals surface area contributed by atoms with Crippen molar-refractivity contribution in [2.75, 3.05) is 13.7 Å². The van der Waals surface area contributed by atoms with E-state index in [1.165, 1.54) is 0 Å². The Morgan fingerprint density at radius 1 is 1.00 bits per heavy atom. The molecular formula is C28H30O5. The SMILES string of the molecule is COc1ccc(OC(C)CCOc2ccc(CCC=O)c(C)c2)c(C(=O)c2ccccc2)c1. The molecular weight excluding hydrogens is 416 g/mol. The average molecular weight is 447 g/mol. The van der Waals surface area contributed by atoms with Gasteiger partial charge in [-0.25, -0.2) is 0 Å². The maximum atomic E-state index is 13.1. The number of ether oxygens (including phenoxy) is 3. The van der Waals surface area contributed by atoms with E-state index >= 15 is 0 Å². The van der Waals surface area contributed by atoms with Gasteiger partial charge in [-0.05, 0) is 61.7 Å². The van der Waals surface area contributed by atoms with Gasteiger partial charge < -0.3 is 19.0 Å². The first-order valence-corrected chi connectivity index (χ1v) is 11.1. The van der Waals surface area contributed by atoms with Crippen molar-refractivity contribution < 1.29 is 23.8 Å². The van der Waals surface area contributed by atoms with Crippen molar-refractivity contribution in [1.82, 2.24) is 0 Å². The molecule has 0 saturated carbocycles. The molecule has 1 atom stereocenters. The van der Waals surface area contributed by atoms with Crippen molar-refractivity contribution in [3.63, 3.8) is 0 Å². The van der Waals surface area contributed by atoms with Crippen LogP contribution in [0.4, 0.5) is 0 Å². The summed E-state index contributed by atoms with van der Waals surface area (Å²) in [5.74, 6) is 1.80. The summed E-state index contributed by atoms with van der Waals surface area (Å²) in [6.07, 6.45) is 2.69. The maximum absolute atomic E-state index is 13.1. The van der Waals surface area contributed by atoms with E-state index in [-0.39, 0.29) is 11.9 Å². The lowest BCUT2D eigenvalue weighted by Crippen LogP contribution is -2.17. The zero-order valence-electron chi connectivity index (χ0n) is 19.4. The highest BCUT2D eigenvalue weighted by Crippen LogP contribution is 2.28. The molecule has 0 spiro atoms. The molecule has 0 heterocycles. The second-order valence-corrected chi connectivity index (χ2v) is 7.92. The van der Waals surface area contributed by atoms with Gasteiger partial charge in [-0.1, -0.05) is 36.4 Å². The Labute approximate surface area is 195 Å². The third-order valence-electron chi connectivity index (χ3n) is 5.43. The molecule has 5 heteroatoms. The fraction of sp³-hybridized carbons (Fsp3) is 0.286. The Kier molecular flexibility index (Phi) is 8.64. The summed E-state index contributed by atoms with van der Waals surface area (Å²) in [6, 6.07) is 20.3. The quantitative estimate of drug-likeness (QED) is 0.268. The highest BCUT2D eigenvalue weighted by Gasteiger charge is 2.18. The second-order valence-electron chi connectivity index (χ2n) is 7.92. The van der Waals surface area contributed by atoms with E-state index in [9.17, 15) is 9.59 Å². The third kappa shape index (κ3) is 6.69. The van der Waals surface area contributed by atoms with E-state index in [0.717, 1.165) is 29.6 Å². The molecule has 3 rings (SSSR count). The predicted octanol–water partition coefficient (Wildman–Crippen LogP) is 5.60. The molecule has 0 fully saturated rings.